The molecule has 0 saturated carbocycles. The van der Waals surface area contributed by atoms with E-state index in [9.17, 15) is 0 Å². The van der Waals surface area contributed by atoms with Crippen LogP contribution in [0.2, 0.25) is 0 Å². The molecule has 0 radical (unpaired) electrons. The molecule has 0 aromatic rings. The van der Waals surface area contributed by atoms with E-state index in [4.69, 9.17) is 12.2 Å². The van der Waals surface area contributed by atoms with Gasteiger partial charge in [-0.3, -0.25) is 5.43 Å². The smallest absolute Gasteiger partial charge is 0.186 e. The van der Waals surface area contributed by atoms with Gasteiger partial charge >= 0.3 is 0 Å². The summed E-state index contributed by atoms with van der Waals surface area (Å²) in [6.45, 7) is 4.94. The van der Waals surface area contributed by atoms with Gasteiger partial charge in [0.1, 0.15) is 0 Å². The molecule has 0 aliphatic rings. The standard InChI is InChI=1S/C9H17N3S/c1-3-5-6-7-8-11-12-9(13)10-4-2/h6-8H,3-5H2,1-2H3,(H2,10,12,13)/b7-6+,11-8+. The lowest BCUT2D eigenvalue weighted by atomic mass is 10.3. The minimum atomic E-state index is 0.558. The van der Waals surface area contributed by atoms with Crippen molar-refractivity contribution in [1.82, 2.24) is 10.7 Å². The molecule has 3 nitrogen and oxygen atoms in total. The van der Waals surface area contributed by atoms with Crippen LogP contribution in [0.3, 0.4) is 0 Å². The first-order valence-corrected chi connectivity index (χ1v) is 4.94. The second-order valence-electron chi connectivity index (χ2n) is 2.47. The molecule has 2 N–H and O–H groups in total. The van der Waals surface area contributed by atoms with Crippen molar-refractivity contribution >= 4 is 23.5 Å². The fourth-order valence-corrected chi connectivity index (χ4v) is 0.860. The highest BCUT2D eigenvalue weighted by Gasteiger charge is 1.85. The number of nitrogens with zero attached hydrogens (tertiary/aromatic N) is 1. The second-order valence-corrected chi connectivity index (χ2v) is 2.87. The Morgan fingerprint density at radius 2 is 2.23 bits per heavy atom. The van der Waals surface area contributed by atoms with E-state index in [1.54, 1.807) is 6.21 Å². The normalized spacial score (nSPS) is 10.9. The van der Waals surface area contributed by atoms with E-state index in [0.717, 1.165) is 19.4 Å². The van der Waals surface area contributed by atoms with Crippen LogP contribution in [0.4, 0.5) is 0 Å². The van der Waals surface area contributed by atoms with E-state index in [2.05, 4.69) is 28.8 Å². The molecule has 0 aromatic heterocycles. The Labute approximate surface area is 85.3 Å². The van der Waals surface area contributed by atoms with E-state index < -0.39 is 0 Å². The average Bonchev–Trinajstić information content (AvgIpc) is 2.11. The third-order valence-corrected chi connectivity index (χ3v) is 1.49. The number of hydrogen-bond donors (Lipinski definition) is 2. The summed E-state index contributed by atoms with van der Waals surface area (Å²) in [6, 6.07) is 0. The van der Waals surface area contributed by atoms with Crippen LogP contribution in [-0.4, -0.2) is 17.9 Å². The van der Waals surface area contributed by atoms with Gasteiger partial charge in [0.15, 0.2) is 5.11 Å². The molecule has 0 aromatic carbocycles. The molecular formula is C9H17N3S. The molecule has 0 atom stereocenters. The maximum Gasteiger partial charge on any atom is 0.186 e. The van der Waals surface area contributed by atoms with E-state index in [-0.39, 0.29) is 0 Å². The van der Waals surface area contributed by atoms with Crippen molar-refractivity contribution in [3.05, 3.63) is 12.2 Å². The summed E-state index contributed by atoms with van der Waals surface area (Å²) in [5, 5.41) is 7.38. The zero-order valence-electron chi connectivity index (χ0n) is 8.21. The zero-order valence-corrected chi connectivity index (χ0v) is 9.03. The molecule has 0 fully saturated rings. The van der Waals surface area contributed by atoms with Gasteiger partial charge in [0, 0.05) is 12.8 Å². The van der Waals surface area contributed by atoms with Crippen molar-refractivity contribution in [3.8, 4) is 0 Å². The lowest BCUT2D eigenvalue weighted by molar-refractivity contribution is 0.904. The first-order chi connectivity index (χ1) is 6.31. The molecule has 0 bridgehead atoms. The number of thiocarbonyl (C=S) groups is 1. The topological polar surface area (TPSA) is 36.4 Å². The molecule has 74 valence electrons. The van der Waals surface area contributed by atoms with Crippen molar-refractivity contribution in [2.45, 2.75) is 26.7 Å². The molecule has 0 unspecified atom stereocenters. The van der Waals surface area contributed by atoms with Crippen LogP contribution in [0.1, 0.15) is 26.7 Å². The molecule has 4 heteroatoms. The van der Waals surface area contributed by atoms with Crippen LogP contribution < -0.4 is 10.7 Å². The SMILES string of the molecule is CCC/C=C/C=N/NC(=S)NCC. The fourth-order valence-electron chi connectivity index (χ4n) is 0.663. The van der Waals surface area contributed by atoms with Crippen LogP contribution in [0.25, 0.3) is 0 Å². The second kappa shape index (κ2) is 9.19. The minimum Gasteiger partial charge on any atom is -0.362 e. The van der Waals surface area contributed by atoms with Crippen molar-refractivity contribution in [3.63, 3.8) is 0 Å². The summed E-state index contributed by atoms with van der Waals surface area (Å²) in [5.74, 6) is 0. The molecule has 0 spiro atoms. The van der Waals surface area contributed by atoms with Crippen LogP contribution in [0.5, 0.6) is 0 Å². The quantitative estimate of drug-likeness (QED) is 0.403. The summed E-state index contributed by atoms with van der Waals surface area (Å²) >= 11 is 4.89. The summed E-state index contributed by atoms with van der Waals surface area (Å²) in [6.07, 6.45) is 7.92. The Hall–Kier alpha value is -0.900. The predicted octanol–water partition coefficient (Wildman–Crippen LogP) is 1.81. The molecular weight excluding hydrogens is 182 g/mol. The van der Waals surface area contributed by atoms with Gasteiger partial charge in [-0.05, 0) is 31.6 Å². The average molecular weight is 199 g/mol. The van der Waals surface area contributed by atoms with Crippen molar-refractivity contribution in [1.29, 1.82) is 0 Å². The molecule has 0 amide bonds. The molecule has 0 saturated heterocycles. The number of unbranched alkanes of at least 4 members (excludes halogenated alkanes) is 1. The molecule has 0 rings (SSSR count). The number of nitrogens with one attached hydrogen (secondary N) is 2. The van der Waals surface area contributed by atoms with Gasteiger partial charge in [0.2, 0.25) is 0 Å². The Kier molecular flexibility index (Phi) is 8.55. The van der Waals surface area contributed by atoms with Crippen LogP contribution >= 0.6 is 12.2 Å². The third kappa shape index (κ3) is 9.01. The first kappa shape index (κ1) is 12.1. The van der Waals surface area contributed by atoms with Crippen molar-refractivity contribution in [2.24, 2.45) is 5.10 Å². The highest BCUT2D eigenvalue weighted by Crippen LogP contribution is 1.85. The Bertz CT molecular complexity index is 187. The zero-order chi connectivity index (χ0) is 9.94. The minimum absolute atomic E-state index is 0.558. The number of rotatable bonds is 5. The molecule has 13 heavy (non-hydrogen) atoms. The summed E-state index contributed by atoms with van der Waals surface area (Å²) in [4.78, 5) is 0. The van der Waals surface area contributed by atoms with Gasteiger partial charge < -0.3 is 5.32 Å². The van der Waals surface area contributed by atoms with Gasteiger partial charge in [-0.25, -0.2) is 0 Å². The maximum absolute atomic E-state index is 4.89. The van der Waals surface area contributed by atoms with Gasteiger partial charge in [-0.1, -0.05) is 19.4 Å². The van der Waals surface area contributed by atoms with Gasteiger partial charge in [0.05, 0.1) is 0 Å². The summed E-state index contributed by atoms with van der Waals surface area (Å²) in [7, 11) is 0. The highest BCUT2D eigenvalue weighted by atomic mass is 32.1. The van der Waals surface area contributed by atoms with Crippen LogP contribution in [-0.2, 0) is 0 Å². The Morgan fingerprint density at radius 3 is 2.85 bits per heavy atom. The fraction of sp³-hybridized carbons (Fsp3) is 0.556. The molecule has 0 aliphatic carbocycles. The van der Waals surface area contributed by atoms with E-state index in [0.29, 0.717) is 5.11 Å². The Morgan fingerprint density at radius 1 is 1.46 bits per heavy atom. The van der Waals surface area contributed by atoms with E-state index >= 15 is 0 Å². The van der Waals surface area contributed by atoms with Gasteiger partial charge in [0.25, 0.3) is 0 Å². The monoisotopic (exact) mass is 199 g/mol. The molecule has 0 heterocycles. The van der Waals surface area contributed by atoms with Crippen LogP contribution in [0.15, 0.2) is 17.3 Å². The summed E-state index contributed by atoms with van der Waals surface area (Å²) < 4.78 is 0. The lowest BCUT2D eigenvalue weighted by Gasteiger charge is -2.01. The van der Waals surface area contributed by atoms with E-state index in [1.807, 2.05) is 13.0 Å². The summed E-state index contributed by atoms with van der Waals surface area (Å²) in [5.41, 5.74) is 2.70. The third-order valence-electron chi connectivity index (χ3n) is 1.26. The lowest BCUT2D eigenvalue weighted by Crippen LogP contribution is -2.31. The number of hydrogen-bond acceptors (Lipinski definition) is 2. The molecule has 0 aliphatic heterocycles. The Balaban J connectivity index is 3.45. The van der Waals surface area contributed by atoms with Crippen LogP contribution in [0, 0.1) is 0 Å². The first-order valence-electron chi connectivity index (χ1n) is 4.53. The van der Waals surface area contributed by atoms with E-state index in [1.165, 1.54) is 0 Å². The predicted molar refractivity (Wildman–Crippen MR) is 62.0 cm³/mol. The maximum atomic E-state index is 4.89. The number of allylic oxidation sites excluding steroid dienone is 2. The number of hydrazone groups is 1. The largest absolute Gasteiger partial charge is 0.362 e. The van der Waals surface area contributed by atoms with Gasteiger partial charge in [-0.2, -0.15) is 5.10 Å². The van der Waals surface area contributed by atoms with Crippen molar-refractivity contribution in [2.75, 3.05) is 6.54 Å². The highest BCUT2D eigenvalue weighted by molar-refractivity contribution is 7.80. The van der Waals surface area contributed by atoms with Crippen molar-refractivity contribution < 1.29 is 0 Å². The van der Waals surface area contributed by atoms with Gasteiger partial charge in [-0.15, -0.1) is 0 Å².